The number of hydrogen-bond donors (Lipinski definition) is 1. The van der Waals surface area contributed by atoms with Crippen LogP contribution in [-0.2, 0) is 0 Å². The molecule has 2 heterocycles. The van der Waals surface area contributed by atoms with Gasteiger partial charge in [-0.2, -0.15) is 5.10 Å². The van der Waals surface area contributed by atoms with E-state index in [9.17, 15) is 0 Å². The Morgan fingerprint density at radius 3 is 2.69 bits per heavy atom. The maximum Gasteiger partial charge on any atom is 0.167 e. The topological polar surface area (TPSA) is 54.7 Å². The Morgan fingerprint density at radius 2 is 1.94 bits per heavy atom. The minimum atomic E-state index is 0.755. The molecule has 0 aliphatic rings. The van der Waals surface area contributed by atoms with E-state index in [0.29, 0.717) is 0 Å². The summed E-state index contributed by atoms with van der Waals surface area (Å²) in [5.41, 5.74) is 2.63. The number of aromatic nitrogens is 3. The minimum absolute atomic E-state index is 0.755. The summed E-state index contributed by atoms with van der Waals surface area (Å²) >= 11 is 0. The van der Waals surface area contributed by atoms with Gasteiger partial charge in [-0.05, 0) is 6.07 Å². The first kappa shape index (κ1) is 8.91. The van der Waals surface area contributed by atoms with Gasteiger partial charge in [0.15, 0.2) is 5.76 Å². The molecule has 0 aliphatic carbocycles. The van der Waals surface area contributed by atoms with Crippen molar-refractivity contribution in [1.82, 2.24) is 15.4 Å². The molecule has 0 amide bonds. The fraction of sp³-hybridized carbons (Fsp3) is 0. The maximum absolute atomic E-state index is 5.28. The summed E-state index contributed by atoms with van der Waals surface area (Å²) in [5.74, 6) is 0.755. The molecule has 4 nitrogen and oxygen atoms in total. The van der Waals surface area contributed by atoms with E-state index in [4.69, 9.17) is 4.52 Å². The summed E-state index contributed by atoms with van der Waals surface area (Å²) in [5, 5.41) is 10.7. The van der Waals surface area contributed by atoms with E-state index in [-0.39, 0.29) is 0 Å². The van der Waals surface area contributed by atoms with E-state index in [2.05, 4.69) is 15.4 Å². The van der Waals surface area contributed by atoms with Crippen LogP contribution in [0.2, 0.25) is 0 Å². The number of benzene rings is 1. The van der Waals surface area contributed by atoms with Crippen LogP contribution in [0.3, 0.4) is 0 Å². The largest absolute Gasteiger partial charge is 0.356 e. The number of hydrogen-bond acceptors (Lipinski definition) is 3. The van der Waals surface area contributed by atoms with Gasteiger partial charge in [0.05, 0.1) is 5.69 Å². The molecule has 3 aromatic rings. The summed E-state index contributed by atoms with van der Waals surface area (Å²) in [4.78, 5) is 0. The van der Waals surface area contributed by atoms with Crippen LogP contribution in [0.5, 0.6) is 0 Å². The lowest BCUT2D eigenvalue weighted by molar-refractivity contribution is 0.434. The van der Waals surface area contributed by atoms with E-state index in [1.807, 2.05) is 42.5 Å². The third-order valence-electron chi connectivity index (χ3n) is 2.35. The van der Waals surface area contributed by atoms with E-state index in [1.54, 1.807) is 6.20 Å². The second kappa shape index (κ2) is 3.66. The lowest BCUT2D eigenvalue weighted by Crippen LogP contribution is -1.75. The van der Waals surface area contributed by atoms with Gasteiger partial charge in [0.2, 0.25) is 0 Å². The smallest absolute Gasteiger partial charge is 0.167 e. The molecule has 0 saturated heterocycles. The second-order valence-electron chi connectivity index (χ2n) is 3.41. The lowest BCUT2D eigenvalue weighted by atomic mass is 10.1. The molecular formula is C12H9N3O. The van der Waals surface area contributed by atoms with Gasteiger partial charge in [0.1, 0.15) is 5.69 Å². The Kier molecular flexibility index (Phi) is 2.04. The number of aromatic amines is 1. The lowest BCUT2D eigenvalue weighted by Gasteiger charge is -1.91. The van der Waals surface area contributed by atoms with Gasteiger partial charge in [-0.3, -0.25) is 5.10 Å². The molecule has 2 aromatic heterocycles. The predicted octanol–water partition coefficient (Wildman–Crippen LogP) is 2.73. The minimum Gasteiger partial charge on any atom is -0.356 e. The van der Waals surface area contributed by atoms with Crippen LogP contribution < -0.4 is 0 Å². The molecule has 4 heteroatoms. The third-order valence-corrected chi connectivity index (χ3v) is 2.35. The highest BCUT2D eigenvalue weighted by molar-refractivity contribution is 5.64. The van der Waals surface area contributed by atoms with E-state index in [0.717, 1.165) is 22.7 Å². The number of H-pyrrole nitrogens is 1. The van der Waals surface area contributed by atoms with Crippen molar-refractivity contribution < 1.29 is 4.52 Å². The van der Waals surface area contributed by atoms with E-state index in [1.165, 1.54) is 0 Å². The normalized spacial score (nSPS) is 10.5. The molecule has 16 heavy (non-hydrogen) atoms. The van der Waals surface area contributed by atoms with Gasteiger partial charge in [-0.15, -0.1) is 0 Å². The first-order chi connectivity index (χ1) is 7.93. The van der Waals surface area contributed by atoms with Gasteiger partial charge in [0.25, 0.3) is 0 Å². The molecule has 0 aliphatic heterocycles. The Hall–Kier alpha value is -2.36. The number of rotatable bonds is 2. The van der Waals surface area contributed by atoms with Crippen molar-refractivity contribution in [2.24, 2.45) is 0 Å². The Labute approximate surface area is 91.9 Å². The van der Waals surface area contributed by atoms with E-state index >= 15 is 0 Å². The van der Waals surface area contributed by atoms with Crippen LogP contribution in [0.15, 0.2) is 53.2 Å². The number of nitrogens with one attached hydrogen (secondary N) is 1. The van der Waals surface area contributed by atoms with Crippen molar-refractivity contribution in [2.75, 3.05) is 0 Å². The van der Waals surface area contributed by atoms with Crippen LogP contribution >= 0.6 is 0 Å². The molecule has 0 unspecified atom stereocenters. The molecule has 78 valence electrons. The summed E-state index contributed by atoms with van der Waals surface area (Å²) in [7, 11) is 0. The van der Waals surface area contributed by atoms with Crippen LogP contribution in [0.25, 0.3) is 22.7 Å². The van der Waals surface area contributed by atoms with Crippen molar-refractivity contribution in [1.29, 1.82) is 0 Å². The predicted molar refractivity (Wildman–Crippen MR) is 59.5 cm³/mol. The fourth-order valence-electron chi connectivity index (χ4n) is 1.54. The van der Waals surface area contributed by atoms with Gasteiger partial charge in [0, 0.05) is 17.8 Å². The molecule has 0 atom stereocenters. The quantitative estimate of drug-likeness (QED) is 0.709. The van der Waals surface area contributed by atoms with Crippen molar-refractivity contribution in [2.45, 2.75) is 0 Å². The molecule has 1 aromatic carbocycles. The van der Waals surface area contributed by atoms with Crippen LogP contribution in [0.1, 0.15) is 0 Å². The highest BCUT2D eigenvalue weighted by Crippen LogP contribution is 2.24. The van der Waals surface area contributed by atoms with Gasteiger partial charge < -0.3 is 4.52 Å². The number of nitrogens with zero attached hydrogens (tertiary/aromatic N) is 2. The zero-order valence-corrected chi connectivity index (χ0v) is 8.42. The molecule has 0 radical (unpaired) electrons. The third kappa shape index (κ3) is 1.50. The Bertz CT molecular complexity index is 569. The zero-order valence-electron chi connectivity index (χ0n) is 8.42. The standard InChI is InChI=1S/C12H9N3O/c1-2-4-9(5-3-1)12-8-11(15-16-12)10-6-7-13-14-10/h1-8H,(H,13,14). The Morgan fingerprint density at radius 1 is 1.06 bits per heavy atom. The van der Waals surface area contributed by atoms with Gasteiger partial charge in [-0.25, -0.2) is 0 Å². The molecule has 1 N–H and O–H groups in total. The van der Waals surface area contributed by atoms with Gasteiger partial charge >= 0.3 is 0 Å². The van der Waals surface area contributed by atoms with Crippen LogP contribution in [0, 0.1) is 0 Å². The summed E-state index contributed by atoms with van der Waals surface area (Å²) < 4.78 is 5.28. The molecule has 0 spiro atoms. The first-order valence-corrected chi connectivity index (χ1v) is 4.95. The second-order valence-corrected chi connectivity index (χ2v) is 3.41. The van der Waals surface area contributed by atoms with Crippen LogP contribution in [-0.4, -0.2) is 15.4 Å². The Balaban J connectivity index is 2.00. The fourth-order valence-corrected chi connectivity index (χ4v) is 1.54. The van der Waals surface area contributed by atoms with Crippen molar-refractivity contribution in [3.8, 4) is 22.7 Å². The SMILES string of the molecule is c1ccc(-c2cc(-c3ccn[nH]3)no2)cc1. The first-order valence-electron chi connectivity index (χ1n) is 4.95. The van der Waals surface area contributed by atoms with Gasteiger partial charge in [-0.1, -0.05) is 35.5 Å². The highest BCUT2D eigenvalue weighted by atomic mass is 16.5. The molecule has 0 fully saturated rings. The molecule has 0 bridgehead atoms. The molecule has 3 rings (SSSR count). The average molecular weight is 211 g/mol. The summed E-state index contributed by atoms with van der Waals surface area (Å²) in [6.45, 7) is 0. The molecule has 0 saturated carbocycles. The van der Waals surface area contributed by atoms with Crippen molar-refractivity contribution in [3.05, 3.63) is 48.7 Å². The van der Waals surface area contributed by atoms with Crippen molar-refractivity contribution >= 4 is 0 Å². The van der Waals surface area contributed by atoms with Crippen molar-refractivity contribution in [3.63, 3.8) is 0 Å². The highest BCUT2D eigenvalue weighted by Gasteiger charge is 2.08. The monoisotopic (exact) mass is 211 g/mol. The average Bonchev–Trinajstić information content (AvgIpc) is 3.01. The van der Waals surface area contributed by atoms with E-state index < -0.39 is 0 Å². The zero-order chi connectivity index (χ0) is 10.8. The summed E-state index contributed by atoms with van der Waals surface area (Å²) in [6, 6.07) is 13.6. The van der Waals surface area contributed by atoms with Crippen LogP contribution in [0.4, 0.5) is 0 Å². The molecular weight excluding hydrogens is 202 g/mol. The maximum atomic E-state index is 5.28. The summed E-state index contributed by atoms with van der Waals surface area (Å²) in [6.07, 6.45) is 1.69.